The van der Waals surface area contributed by atoms with E-state index in [0.29, 0.717) is 0 Å². The fraction of sp³-hybridized carbons (Fsp3) is 0.400. The van der Waals surface area contributed by atoms with Gasteiger partial charge in [0.1, 0.15) is 11.1 Å². The van der Waals surface area contributed by atoms with E-state index in [-0.39, 0.29) is 6.10 Å². The fourth-order valence-corrected chi connectivity index (χ4v) is 3.46. The molecule has 3 nitrogen and oxygen atoms in total. The number of thiazole rings is 1. The Morgan fingerprint density at radius 1 is 1.40 bits per heavy atom. The summed E-state index contributed by atoms with van der Waals surface area (Å²) in [7, 11) is 0. The zero-order valence-electron chi connectivity index (χ0n) is 11.4. The molecule has 1 saturated heterocycles. The molecule has 3 rings (SSSR count). The number of likely N-dealkylation sites (N-methyl/N-ethyl adjacent to an activating group) is 1. The van der Waals surface area contributed by atoms with Crippen LogP contribution in [0.5, 0.6) is 0 Å². The maximum atomic E-state index is 5.86. The molecule has 0 N–H and O–H groups in total. The molecule has 0 amide bonds. The van der Waals surface area contributed by atoms with E-state index in [1.807, 2.05) is 12.1 Å². The molecule has 1 aromatic carbocycles. The Morgan fingerprint density at radius 3 is 2.95 bits per heavy atom. The molecule has 5 heteroatoms. The predicted octanol–water partition coefficient (Wildman–Crippen LogP) is 3.97. The highest BCUT2D eigenvalue weighted by Gasteiger charge is 2.23. The molecule has 2 heterocycles. The van der Waals surface area contributed by atoms with Crippen LogP contribution in [0.3, 0.4) is 0 Å². The van der Waals surface area contributed by atoms with Crippen molar-refractivity contribution in [2.45, 2.75) is 13.0 Å². The van der Waals surface area contributed by atoms with Crippen molar-refractivity contribution in [1.29, 1.82) is 0 Å². The Labute approximate surface area is 131 Å². The number of aromatic nitrogens is 1. The lowest BCUT2D eigenvalue weighted by Gasteiger charge is -2.30. The van der Waals surface area contributed by atoms with Gasteiger partial charge in [0.15, 0.2) is 0 Å². The van der Waals surface area contributed by atoms with Crippen LogP contribution in [0.25, 0.3) is 11.3 Å². The second kappa shape index (κ2) is 6.35. The van der Waals surface area contributed by atoms with Gasteiger partial charge in [0.2, 0.25) is 0 Å². The largest absolute Gasteiger partial charge is 0.368 e. The molecule has 1 atom stereocenters. The Morgan fingerprint density at radius 2 is 2.20 bits per heavy atom. The number of hydrogen-bond acceptors (Lipinski definition) is 4. The van der Waals surface area contributed by atoms with E-state index in [4.69, 9.17) is 9.72 Å². The molecule has 0 radical (unpaired) electrons. The van der Waals surface area contributed by atoms with E-state index in [1.165, 1.54) is 0 Å². The van der Waals surface area contributed by atoms with Gasteiger partial charge in [-0.2, -0.15) is 0 Å². The van der Waals surface area contributed by atoms with Crippen LogP contribution in [0.1, 0.15) is 18.0 Å². The van der Waals surface area contributed by atoms with Crippen molar-refractivity contribution >= 4 is 27.3 Å². The lowest BCUT2D eigenvalue weighted by molar-refractivity contribution is -0.0282. The third-order valence-corrected chi connectivity index (χ3v) is 5.00. The molecule has 0 spiro atoms. The second-order valence-corrected chi connectivity index (χ2v) is 6.64. The smallest absolute Gasteiger partial charge is 0.124 e. The van der Waals surface area contributed by atoms with Crippen LogP contribution in [0, 0.1) is 0 Å². The summed E-state index contributed by atoms with van der Waals surface area (Å²) < 4.78 is 6.95. The molecule has 1 aromatic heterocycles. The van der Waals surface area contributed by atoms with Gasteiger partial charge in [-0.05, 0) is 18.7 Å². The highest BCUT2D eigenvalue weighted by molar-refractivity contribution is 9.10. The molecule has 0 aliphatic carbocycles. The molecular formula is C15H17BrN2OS. The first kappa shape index (κ1) is 14.2. The first-order valence-electron chi connectivity index (χ1n) is 6.81. The lowest BCUT2D eigenvalue weighted by Crippen LogP contribution is -2.37. The number of halogens is 1. The lowest BCUT2D eigenvalue weighted by atomic mass is 10.2. The van der Waals surface area contributed by atoms with Crippen molar-refractivity contribution in [2.75, 3.05) is 26.2 Å². The maximum absolute atomic E-state index is 5.86. The summed E-state index contributed by atoms with van der Waals surface area (Å²) in [4.78, 5) is 7.17. The molecule has 20 heavy (non-hydrogen) atoms. The van der Waals surface area contributed by atoms with Gasteiger partial charge in [-0.25, -0.2) is 4.98 Å². The van der Waals surface area contributed by atoms with Gasteiger partial charge in [-0.3, -0.25) is 4.90 Å². The summed E-state index contributed by atoms with van der Waals surface area (Å²) >= 11 is 5.15. The van der Waals surface area contributed by atoms with Crippen molar-refractivity contribution in [3.8, 4) is 11.3 Å². The number of hydrogen-bond donors (Lipinski definition) is 0. The molecule has 1 fully saturated rings. The molecule has 2 aromatic rings. The van der Waals surface area contributed by atoms with Gasteiger partial charge in [-0.1, -0.05) is 35.0 Å². The van der Waals surface area contributed by atoms with Gasteiger partial charge in [-0.15, -0.1) is 11.3 Å². The quantitative estimate of drug-likeness (QED) is 0.835. The van der Waals surface area contributed by atoms with Crippen molar-refractivity contribution < 1.29 is 4.74 Å². The summed E-state index contributed by atoms with van der Waals surface area (Å²) in [6.45, 7) is 6.04. The van der Waals surface area contributed by atoms with Crippen LogP contribution in [-0.2, 0) is 4.74 Å². The fourth-order valence-electron chi connectivity index (χ4n) is 2.33. The minimum absolute atomic E-state index is 0.123. The van der Waals surface area contributed by atoms with E-state index in [2.05, 4.69) is 45.3 Å². The SMILES string of the molecule is CCN1CCOC(c2nc(-c3ccc(Br)cc3)cs2)C1. The van der Waals surface area contributed by atoms with Crippen LogP contribution < -0.4 is 0 Å². The first-order valence-corrected chi connectivity index (χ1v) is 8.49. The van der Waals surface area contributed by atoms with Gasteiger partial charge in [0.25, 0.3) is 0 Å². The van der Waals surface area contributed by atoms with Crippen molar-refractivity contribution in [3.05, 3.63) is 39.1 Å². The summed E-state index contributed by atoms with van der Waals surface area (Å²) in [5.41, 5.74) is 2.19. The van der Waals surface area contributed by atoms with E-state index >= 15 is 0 Å². The topological polar surface area (TPSA) is 25.4 Å². The van der Waals surface area contributed by atoms with Crippen LogP contribution in [0.15, 0.2) is 34.1 Å². The van der Waals surface area contributed by atoms with E-state index in [9.17, 15) is 0 Å². The minimum Gasteiger partial charge on any atom is -0.368 e. The summed E-state index contributed by atoms with van der Waals surface area (Å²) in [5.74, 6) is 0. The molecule has 0 saturated carbocycles. The molecular weight excluding hydrogens is 336 g/mol. The summed E-state index contributed by atoms with van der Waals surface area (Å²) in [6.07, 6.45) is 0.123. The number of ether oxygens (including phenoxy) is 1. The predicted molar refractivity (Wildman–Crippen MR) is 86.1 cm³/mol. The zero-order chi connectivity index (χ0) is 13.9. The maximum Gasteiger partial charge on any atom is 0.124 e. The average molecular weight is 353 g/mol. The van der Waals surface area contributed by atoms with Crippen LogP contribution in [0.2, 0.25) is 0 Å². The van der Waals surface area contributed by atoms with E-state index in [0.717, 1.165) is 47.0 Å². The van der Waals surface area contributed by atoms with E-state index < -0.39 is 0 Å². The Balaban J connectivity index is 1.78. The first-order chi connectivity index (χ1) is 9.76. The molecule has 0 bridgehead atoms. The number of rotatable bonds is 3. The molecule has 106 valence electrons. The zero-order valence-corrected chi connectivity index (χ0v) is 13.8. The Bertz CT molecular complexity index is 570. The molecule has 1 aliphatic heterocycles. The van der Waals surface area contributed by atoms with Gasteiger partial charge < -0.3 is 4.74 Å². The van der Waals surface area contributed by atoms with Crippen molar-refractivity contribution in [2.24, 2.45) is 0 Å². The van der Waals surface area contributed by atoms with Crippen molar-refractivity contribution in [1.82, 2.24) is 9.88 Å². The molecule has 1 aliphatic rings. The monoisotopic (exact) mass is 352 g/mol. The average Bonchev–Trinajstić information content (AvgIpc) is 2.98. The van der Waals surface area contributed by atoms with Gasteiger partial charge in [0, 0.05) is 28.5 Å². The van der Waals surface area contributed by atoms with E-state index in [1.54, 1.807) is 11.3 Å². The summed E-state index contributed by atoms with van der Waals surface area (Å²) in [5, 5.41) is 3.20. The Kier molecular flexibility index (Phi) is 4.51. The van der Waals surface area contributed by atoms with Crippen LogP contribution >= 0.6 is 27.3 Å². The molecule has 1 unspecified atom stereocenters. The van der Waals surface area contributed by atoms with Crippen LogP contribution in [-0.4, -0.2) is 36.1 Å². The van der Waals surface area contributed by atoms with Gasteiger partial charge >= 0.3 is 0 Å². The summed E-state index contributed by atoms with van der Waals surface area (Å²) in [6, 6.07) is 8.26. The second-order valence-electron chi connectivity index (χ2n) is 4.83. The normalized spacial score (nSPS) is 20.2. The van der Waals surface area contributed by atoms with Crippen molar-refractivity contribution in [3.63, 3.8) is 0 Å². The number of nitrogens with zero attached hydrogens (tertiary/aromatic N) is 2. The third kappa shape index (κ3) is 3.11. The van der Waals surface area contributed by atoms with Gasteiger partial charge in [0.05, 0.1) is 12.3 Å². The Hall–Kier alpha value is -0.750. The third-order valence-electron chi connectivity index (χ3n) is 3.54. The standard InChI is InChI=1S/C15H17BrN2OS/c1-2-18-7-8-19-14(9-18)15-17-13(10-20-15)11-3-5-12(16)6-4-11/h3-6,10,14H,2,7-9H2,1H3. The minimum atomic E-state index is 0.123. The highest BCUT2D eigenvalue weighted by Crippen LogP contribution is 2.29. The number of morpholine rings is 1. The highest BCUT2D eigenvalue weighted by atomic mass is 79.9. The van der Waals surface area contributed by atoms with Crippen LogP contribution in [0.4, 0.5) is 0 Å². The number of benzene rings is 1.